The van der Waals surface area contributed by atoms with Gasteiger partial charge in [0.25, 0.3) is 11.8 Å². The molecule has 3 heterocycles. The monoisotopic (exact) mass is 594 g/mol. The average Bonchev–Trinajstić information content (AvgIpc) is 3.37. The highest BCUT2D eigenvalue weighted by atomic mass is 32.1. The molecule has 3 aromatic rings. The number of methoxy groups -OCH3 is 2. The van der Waals surface area contributed by atoms with Crippen LogP contribution in [0.4, 0.5) is 5.69 Å². The summed E-state index contributed by atoms with van der Waals surface area (Å²) >= 11 is 1.43. The first-order valence-electron chi connectivity index (χ1n) is 14.9. The molecule has 4 fully saturated rings. The third-order valence-electron chi connectivity index (χ3n) is 8.74. The highest BCUT2D eigenvalue weighted by Gasteiger charge is 2.41. The molecule has 2 aromatic heterocycles. The molecular weight excluding hydrogens is 552 g/mol. The molecule has 2 bridgehead atoms. The number of pyridine rings is 1. The van der Waals surface area contributed by atoms with Crippen molar-refractivity contribution in [3.63, 3.8) is 0 Å². The van der Waals surface area contributed by atoms with E-state index in [2.05, 4.69) is 34.4 Å². The van der Waals surface area contributed by atoms with Gasteiger partial charge in [0.15, 0.2) is 0 Å². The number of hydrogen-bond acceptors (Lipinski definition) is 8. The Kier molecular flexibility index (Phi) is 9.32. The van der Waals surface area contributed by atoms with Gasteiger partial charge in [0, 0.05) is 24.8 Å². The van der Waals surface area contributed by atoms with E-state index in [-0.39, 0.29) is 17.4 Å². The summed E-state index contributed by atoms with van der Waals surface area (Å²) in [5, 5.41) is 7.04. The molecule has 2 atom stereocenters. The maximum atomic E-state index is 13.5. The van der Waals surface area contributed by atoms with Crippen molar-refractivity contribution >= 4 is 39.1 Å². The number of nitrogens with zero attached hydrogens (tertiary/aromatic N) is 2. The van der Waals surface area contributed by atoms with Crippen LogP contribution in [0.25, 0.3) is 10.2 Å². The van der Waals surface area contributed by atoms with Crippen molar-refractivity contribution in [3.8, 4) is 11.6 Å². The Morgan fingerprint density at radius 2 is 1.71 bits per heavy atom. The molecule has 10 heteroatoms. The van der Waals surface area contributed by atoms with Gasteiger partial charge in [0.2, 0.25) is 5.88 Å². The lowest BCUT2D eigenvalue weighted by Crippen LogP contribution is -2.53. The van der Waals surface area contributed by atoms with Gasteiger partial charge < -0.3 is 24.8 Å². The van der Waals surface area contributed by atoms with E-state index in [0.29, 0.717) is 28.4 Å². The second-order valence-corrected chi connectivity index (χ2v) is 13.4. The molecule has 1 saturated heterocycles. The van der Waals surface area contributed by atoms with Gasteiger partial charge in [-0.3, -0.25) is 9.59 Å². The van der Waals surface area contributed by atoms with E-state index in [1.54, 1.807) is 12.1 Å². The molecule has 1 aromatic carbocycles. The van der Waals surface area contributed by atoms with Gasteiger partial charge in [-0.2, -0.15) is 0 Å². The molecule has 226 valence electrons. The van der Waals surface area contributed by atoms with Gasteiger partial charge in [0.05, 0.1) is 46.9 Å². The van der Waals surface area contributed by atoms with Gasteiger partial charge in [-0.15, -0.1) is 11.3 Å². The lowest BCUT2D eigenvalue weighted by atomic mass is 9.66. The molecule has 2 unspecified atom stereocenters. The molecule has 2 N–H and O–H groups in total. The van der Waals surface area contributed by atoms with Gasteiger partial charge in [-0.1, -0.05) is 13.8 Å². The second-order valence-electron chi connectivity index (χ2n) is 12.2. The van der Waals surface area contributed by atoms with Crippen LogP contribution in [0.3, 0.4) is 0 Å². The number of fused-ring (bicyclic) bond motifs is 4. The number of benzene rings is 1. The molecule has 42 heavy (non-hydrogen) atoms. The third-order valence-corrected chi connectivity index (χ3v) is 9.74. The standard InChI is InChI=1S/C25H28N4O4S.C7H14O/c1-14-27-17-4-5-19(32-2)21(22(17)34-14)24(31)28-18-13-26-20(33-3)12-16(18)23(30)29-25-9-6-15(7-10-25)8-11-25;1-6-3-7(2)5-8-4-6/h4-5,12-13,15H,6-11H2,1-3H3,(H,28,31)(H,29,30);6-7H,3-5H2,1-2H3. The summed E-state index contributed by atoms with van der Waals surface area (Å²) in [6, 6.07) is 5.14. The topological polar surface area (TPSA) is 112 Å². The smallest absolute Gasteiger partial charge is 0.261 e. The number of anilines is 1. The van der Waals surface area contributed by atoms with Crippen molar-refractivity contribution in [2.24, 2.45) is 17.8 Å². The zero-order valence-electron chi connectivity index (χ0n) is 25.2. The summed E-state index contributed by atoms with van der Waals surface area (Å²) in [4.78, 5) is 35.6. The van der Waals surface area contributed by atoms with E-state index >= 15 is 0 Å². The van der Waals surface area contributed by atoms with Crippen LogP contribution in [0.15, 0.2) is 24.4 Å². The summed E-state index contributed by atoms with van der Waals surface area (Å²) in [6.07, 6.45) is 9.27. The first kappa shape index (κ1) is 30.2. The van der Waals surface area contributed by atoms with E-state index in [0.717, 1.165) is 84.7 Å². The Hall–Kier alpha value is -3.24. The maximum Gasteiger partial charge on any atom is 0.261 e. The number of thiazole rings is 1. The van der Waals surface area contributed by atoms with Crippen molar-refractivity contribution in [3.05, 3.63) is 40.5 Å². The number of ether oxygens (including phenoxy) is 3. The van der Waals surface area contributed by atoms with Crippen molar-refractivity contribution in [1.82, 2.24) is 15.3 Å². The lowest BCUT2D eigenvalue weighted by molar-refractivity contribution is 0.0274. The zero-order chi connectivity index (χ0) is 29.9. The molecule has 1 aliphatic heterocycles. The summed E-state index contributed by atoms with van der Waals surface area (Å²) < 4.78 is 16.8. The number of nitrogens with one attached hydrogen (secondary N) is 2. The van der Waals surface area contributed by atoms with Crippen molar-refractivity contribution in [2.45, 2.75) is 71.3 Å². The van der Waals surface area contributed by atoms with E-state index in [1.165, 1.54) is 38.2 Å². The molecule has 7 rings (SSSR count). The van der Waals surface area contributed by atoms with Gasteiger partial charge >= 0.3 is 0 Å². The fraction of sp³-hybridized carbons (Fsp3) is 0.562. The molecule has 9 nitrogen and oxygen atoms in total. The summed E-state index contributed by atoms with van der Waals surface area (Å²) in [5.41, 5.74) is 1.60. The minimum Gasteiger partial charge on any atom is -0.496 e. The van der Waals surface area contributed by atoms with Gasteiger partial charge in [0.1, 0.15) is 11.3 Å². The van der Waals surface area contributed by atoms with Crippen molar-refractivity contribution < 1.29 is 23.8 Å². The first-order valence-corrected chi connectivity index (χ1v) is 15.7. The fourth-order valence-corrected chi connectivity index (χ4v) is 7.48. The molecular formula is C32H42N4O5S. The number of aryl methyl sites for hydroxylation is 1. The Morgan fingerprint density at radius 3 is 2.31 bits per heavy atom. The second kappa shape index (κ2) is 13.0. The van der Waals surface area contributed by atoms with E-state index in [4.69, 9.17) is 14.2 Å². The number of carbonyl (C=O) groups is 2. The maximum absolute atomic E-state index is 13.5. The number of carbonyl (C=O) groups excluding carboxylic acids is 2. The van der Waals surface area contributed by atoms with Crippen LogP contribution in [0.5, 0.6) is 11.6 Å². The largest absolute Gasteiger partial charge is 0.496 e. The minimum absolute atomic E-state index is 0.168. The van der Waals surface area contributed by atoms with E-state index < -0.39 is 0 Å². The molecule has 3 saturated carbocycles. The van der Waals surface area contributed by atoms with Crippen LogP contribution in [0.1, 0.15) is 84.5 Å². The Balaban J connectivity index is 0.000000382. The molecule has 3 aliphatic carbocycles. The Labute approximate surface area is 251 Å². The number of hydrogen-bond donors (Lipinski definition) is 2. The number of aromatic nitrogens is 2. The molecule has 0 spiro atoms. The summed E-state index contributed by atoms with van der Waals surface area (Å²) in [6.45, 7) is 8.34. The normalized spacial score (nSPS) is 24.8. The minimum atomic E-state index is -0.386. The average molecular weight is 595 g/mol. The Bertz CT molecular complexity index is 1410. The van der Waals surface area contributed by atoms with Gasteiger partial charge in [-0.05, 0) is 81.8 Å². The lowest BCUT2D eigenvalue weighted by Gasteiger charge is -2.47. The summed E-state index contributed by atoms with van der Waals surface area (Å²) in [7, 11) is 3.03. The molecule has 4 aliphatic rings. The highest BCUT2D eigenvalue weighted by molar-refractivity contribution is 7.19. The van der Waals surface area contributed by atoms with Crippen molar-refractivity contribution in [1.29, 1.82) is 0 Å². The van der Waals surface area contributed by atoms with Gasteiger partial charge in [-0.25, -0.2) is 9.97 Å². The first-order chi connectivity index (χ1) is 20.2. The van der Waals surface area contributed by atoms with Crippen LogP contribution in [0.2, 0.25) is 0 Å². The molecule has 2 amide bonds. The Morgan fingerprint density at radius 1 is 1.02 bits per heavy atom. The quantitative estimate of drug-likeness (QED) is 0.340. The fourth-order valence-electron chi connectivity index (χ4n) is 6.53. The van der Waals surface area contributed by atoms with Crippen LogP contribution < -0.4 is 20.1 Å². The predicted molar refractivity (Wildman–Crippen MR) is 165 cm³/mol. The van der Waals surface area contributed by atoms with Crippen LogP contribution in [0, 0.1) is 24.7 Å². The summed E-state index contributed by atoms with van der Waals surface area (Å²) in [5.74, 6) is 2.52. The SMILES string of the molecule is CC1COCC(C)C1.COc1cc(C(=O)NC23CCC(CC2)CC3)c(NC(=O)c2c(OC)ccc3nc(C)sc23)cn1. The van der Waals surface area contributed by atoms with E-state index in [9.17, 15) is 9.59 Å². The predicted octanol–water partition coefficient (Wildman–Crippen LogP) is 6.40. The highest BCUT2D eigenvalue weighted by Crippen LogP contribution is 2.44. The number of rotatable bonds is 6. The number of amides is 2. The van der Waals surface area contributed by atoms with Crippen molar-refractivity contribution in [2.75, 3.05) is 32.8 Å². The zero-order valence-corrected chi connectivity index (χ0v) is 26.1. The third kappa shape index (κ3) is 6.70. The van der Waals surface area contributed by atoms with E-state index in [1.807, 2.05) is 13.0 Å². The van der Waals surface area contributed by atoms with Crippen LogP contribution >= 0.6 is 11.3 Å². The van der Waals surface area contributed by atoms with Crippen LogP contribution in [-0.2, 0) is 4.74 Å². The molecule has 0 radical (unpaired) electrons. The van der Waals surface area contributed by atoms with Crippen LogP contribution in [-0.4, -0.2) is 54.8 Å².